The summed E-state index contributed by atoms with van der Waals surface area (Å²) in [6.07, 6.45) is 3.95. The zero-order valence-electron chi connectivity index (χ0n) is 11.6. The minimum absolute atomic E-state index is 0.0867. The van der Waals surface area contributed by atoms with Crippen LogP contribution in [0.5, 0.6) is 0 Å². The Morgan fingerprint density at radius 2 is 2.10 bits per heavy atom. The molecule has 2 aromatic rings. The number of likely N-dealkylation sites (tertiary alicyclic amines) is 1. The van der Waals surface area contributed by atoms with Gasteiger partial charge >= 0.3 is 0 Å². The van der Waals surface area contributed by atoms with Crippen LogP contribution in [-0.4, -0.2) is 33.6 Å². The van der Waals surface area contributed by atoms with Crippen LogP contribution in [0.15, 0.2) is 29.3 Å². The third kappa shape index (κ3) is 2.33. The quantitative estimate of drug-likeness (QED) is 0.860. The second-order valence-corrected chi connectivity index (χ2v) is 5.43. The van der Waals surface area contributed by atoms with Crippen molar-refractivity contribution in [2.24, 2.45) is 0 Å². The summed E-state index contributed by atoms with van der Waals surface area (Å²) in [6, 6.07) is 4.80. The first kappa shape index (κ1) is 13.2. The Hall–Kier alpha value is -1.75. The number of rotatable bonds is 3. The summed E-state index contributed by atoms with van der Waals surface area (Å²) in [5, 5.41) is 0.0867. The van der Waals surface area contributed by atoms with Crippen molar-refractivity contribution in [1.82, 2.24) is 14.5 Å². The Kier molecular flexibility index (Phi) is 3.53. The second kappa shape index (κ2) is 5.32. The summed E-state index contributed by atoms with van der Waals surface area (Å²) in [5.41, 5.74) is 0.124. The maximum Gasteiger partial charge on any atom is 0.264 e. The van der Waals surface area contributed by atoms with E-state index < -0.39 is 5.82 Å². The summed E-state index contributed by atoms with van der Waals surface area (Å²) in [7, 11) is 0. The van der Waals surface area contributed by atoms with E-state index in [1.165, 1.54) is 29.8 Å². The number of fused-ring (bicyclic) bond motifs is 1. The SMILES string of the molecule is CC(Cn1cnc2cccc(F)c2c1=O)N1CCCC1. The molecule has 0 saturated carbocycles. The molecule has 0 amide bonds. The van der Waals surface area contributed by atoms with Crippen LogP contribution in [0.1, 0.15) is 19.8 Å². The van der Waals surface area contributed by atoms with Gasteiger partial charge in [0.25, 0.3) is 5.56 Å². The molecule has 0 N–H and O–H groups in total. The van der Waals surface area contributed by atoms with Crippen LogP contribution in [0, 0.1) is 5.82 Å². The van der Waals surface area contributed by atoms with Gasteiger partial charge in [0.15, 0.2) is 0 Å². The lowest BCUT2D eigenvalue weighted by atomic mass is 10.2. The third-order valence-electron chi connectivity index (χ3n) is 4.03. The first-order chi connectivity index (χ1) is 9.66. The monoisotopic (exact) mass is 275 g/mol. The van der Waals surface area contributed by atoms with Gasteiger partial charge in [0, 0.05) is 12.6 Å². The van der Waals surface area contributed by atoms with Crippen LogP contribution in [-0.2, 0) is 6.54 Å². The molecule has 1 fully saturated rings. The van der Waals surface area contributed by atoms with Crippen molar-refractivity contribution in [2.45, 2.75) is 32.4 Å². The van der Waals surface area contributed by atoms with Crippen molar-refractivity contribution in [1.29, 1.82) is 0 Å². The number of benzene rings is 1. The molecule has 0 spiro atoms. The number of hydrogen-bond donors (Lipinski definition) is 0. The molecular formula is C15H18FN3O. The molecule has 1 aliphatic heterocycles. The Morgan fingerprint density at radius 3 is 2.85 bits per heavy atom. The number of nitrogens with zero attached hydrogens (tertiary/aromatic N) is 3. The van der Waals surface area contributed by atoms with E-state index >= 15 is 0 Å². The lowest BCUT2D eigenvalue weighted by Crippen LogP contribution is -2.36. The maximum absolute atomic E-state index is 13.8. The van der Waals surface area contributed by atoms with Gasteiger partial charge in [0.05, 0.1) is 11.8 Å². The van der Waals surface area contributed by atoms with Crippen molar-refractivity contribution in [2.75, 3.05) is 13.1 Å². The molecule has 0 radical (unpaired) electrons. The molecule has 2 heterocycles. The van der Waals surface area contributed by atoms with Crippen LogP contribution >= 0.6 is 0 Å². The van der Waals surface area contributed by atoms with Gasteiger partial charge < -0.3 is 0 Å². The van der Waals surface area contributed by atoms with E-state index in [4.69, 9.17) is 0 Å². The van der Waals surface area contributed by atoms with E-state index in [2.05, 4.69) is 16.8 Å². The minimum Gasteiger partial charge on any atom is -0.299 e. The van der Waals surface area contributed by atoms with Crippen LogP contribution in [0.4, 0.5) is 4.39 Å². The molecule has 20 heavy (non-hydrogen) atoms. The van der Waals surface area contributed by atoms with Crippen LogP contribution in [0.25, 0.3) is 10.9 Å². The van der Waals surface area contributed by atoms with Gasteiger partial charge in [-0.1, -0.05) is 6.07 Å². The molecule has 0 aliphatic carbocycles. The predicted molar refractivity (Wildman–Crippen MR) is 76.2 cm³/mol. The molecule has 4 nitrogen and oxygen atoms in total. The van der Waals surface area contributed by atoms with E-state index in [0.717, 1.165) is 13.1 Å². The zero-order valence-corrected chi connectivity index (χ0v) is 11.6. The first-order valence-corrected chi connectivity index (χ1v) is 7.04. The van der Waals surface area contributed by atoms with Crippen molar-refractivity contribution in [3.8, 4) is 0 Å². The third-order valence-corrected chi connectivity index (χ3v) is 4.03. The Balaban J connectivity index is 1.94. The highest BCUT2D eigenvalue weighted by Gasteiger charge is 2.19. The smallest absolute Gasteiger partial charge is 0.264 e. The van der Waals surface area contributed by atoms with Gasteiger partial charge in [-0.3, -0.25) is 14.3 Å². The van der Waals surface area contributed by atoms with E-state index in [0.29, 0.717) is 12.1 Å². The van der Waals surface area contributed by atoms with E-state index in [1.54, 1.807) is 12.1 Å². The molecule has 5 heteroatoms. The fourth-order valence-electron chi connectivity index (χ4n) is 2.87. The van der Waals surface area contributed by atoms with Gasteiger partial charge in [0.2, 0.25) is 0 Å². The molecule has 1 saturated heterocycles. The molecule has 3 rings (SSSR count). The standard InChI is InChI=1S/C15H18FN3O/c1-11(18-7-2-3-8-18)9-19-10-17-13-6-4-5-12(16)14(13)15(19)20/h4-6,10-11H,2-3,7-9H2,1H3. The molecule has 1 unspecified atom stereocenters. The Morgan fingerprint density at radius 1 is 1.35 bits per heavy atom. The van der Waals surface area contributed by atoms with E-state index in [-0.39, 0.29) is 17.0 Å². The van der Waals surface area contributed by atoms with E-state index in [9.17, 15) is 9.18 Å². The van der Waals surface area contributed by atoms with Crippen LogP contribution in [0.3, 0.4) is 0 Å². The summed E-state index contributed by atoms with van der Waals surface area (Å²) in [4.78, 5) is 18.9. The molecule has 1 aromatic carbocycles. The Labute approximate surface area is 116 Å². The summed E-state index contributed by atoms with van der Waals surface area (Å²) < 4.78 is 15.3. The van der Waals surface area contributed by atoms with Gasteiger partial charge in [-0.2, -0.15) is 0 Å². The number of aromatic nitrogens is 2. The van der Waals surface area contributed by atoms with Crippen LogP contribution < -0.4 is 5.56 Å². The predicted octanol–water partition coefficient (Wildman–Crippen LogP) is 2.02. The van der Waals surface area contributed by atoms with Gasteiger partial charge in [-0.05, 0) is 45.0 Å². The largest absolute Gasteiger partial charge is 0.299 e. The maximum atomic E-state index is 13.8. The van der Waals surface area contributed by atoms with Gasteiger partial charge in [0.1, 0.15) is 11.2 Å². The van der Waals surface area contributed by atoms with Crippen LogP contribution in [0.2, 0.25) is 0 Å². The summed E-state index contributed by atoms with van der Waals surface area (Å²) in [5.74, 6) is -0.497. The van der Waals surface area contributed by atoms with Crippen molar-refractivity contribution in [3.05, 3.63) is 40.7 Å². The second-order valence-electron chi connectivity index (χ2n) is 5.43. The highest BCUT2D eigenvalue weighted by molar-refractivity contribution is 5.77. The zero-order chi connectivity index (χ0) is 14.1. The Bertz CT molecular complexity index is 676. The minimum atomic E-state index is -0.497. The molecule has 1 aromatic heterocycles. The van der Waals surface area contributed by atoms with Crippen molar-refractivity contribution >= 4 is 10.9 Å². The fraction of sp³-hybridized carbons (Fsp3) is 0.467. The molecule has 1 aliphatic rings. The van der Waals surface area contributed by atoms with Gasteiger partial charge in [-0.25, -0.2) is 9.37 Å². The molecule has 1 atom stereocenters. The molecular weight excluding hydrogens is 257 g/mol. The normalized spacial score (nSPS) is 17.7. The number of hydrogen-bond acceptors (Lipinski definition) is 3. The lowest BCUT2D eigenvalue weighted by Gasteiger charge is -2.24. The summed E-state index contributed by atoms with van der Waals surface area (Å²) in [6.45, 7) is 4.80. The number of halogens is 1. The van der Waals surface area contributed by atoms with E-state index in [1.807, 2.05) is 0 Å². The molecule has 0 bridgehead atoms. The van der Waals surface area contributed by atoms with Crippen molar-refractivity contribution < 1.29 is 4.39 Å². The molecule has 106 valence electrons. The van der Waals surface area contributed by atoms with Gasteiger partial charge in [-0.15, -0.1) is 0 Å². The first-order valence-electron chi connectivity index (χ1n) is 7.04. The highest BCUT2D eigenvalue weighted by Crippen LogP contribution is 2.14. The topological polar surface area (TPSA) is 38.1 Å². The average Bonchev–Trinajstić information content (AvgIpc) is 2.96. The average molecular weight is 275 g/mol. The van der Waals surface area contributed by atoms with Crippen molar-refractivity contribution in [3.63, 3.8) is 0 Å². The lowest BCUT2D eigenvalue weighted by molar-refractivity contribution is 0.234. The summed E-state index contributed by atoms with van der Waals surface area (Å²) >= 11 is 0. The highest BCUT2D eigenvalue weighted by atomic mass is 19.1. The fourth-order valence-corrected chi connectivity index (χ4v) is 2.87.